The SMILES string of the molecule is COc1cccc(C2CCN(CCCC(CNN(CC=O)C(=O)OCc3ccccc3)(c3ccccc3)c3ccccc3)CC2)c1. The van der Waals surface area contributed by atoms with Crippen molar-refractivity contribution in [3.8, 4) is 5.75 Å². The fraction of sp³-hybridized carbons (Fsp3) is 0.333. The minimum absolute atomic E-state index is 0.116. The van der Waals surface area contributed by atoms with E-state index >= 15 is 0 Å². The van der Waals surface area contributed by atoms with Gasteiger partial charge in [-0.3, -0.25) is 0 Å². The van der Waals surface area contributed by atoms with E-state index in [1.54, 1.807) is 7.11 Å². The molecule has 0 saturated carbocycles. The Labute approximate surface area is 273 Å². The summed E-state index contributed by atoms with van der Waals surface area (Å²) in [4.78, 5) is 27.4. The third-order valence-corrected chi connectivity index (χ3v) is 9.14. The van der Waals surface area contributed by atoms with E-state index in [-0.39, 0.29) is 13.2 Å². The second-order valence-corrected chi connectivity index (χ2v) is 12.0. The third-order valence-electron chi connectivity index (χ3n) is 9.14. The van der Waals surface area contributed by atoms with E-state index in [0.29, 0.717) is 12.5 Å². The number of likely N-dealkylation sites (tertiary alicyclic amines) is 1. The zero-order valence-corrected chi connectivity index (χ0v) is 26.7. The van der Waals surface area contributed by atoms with Crippen molar-refractivity contribution in [3.05, 3.63) is 138 Å². The van der Waals surface area contributed by atoms with E-state index in [0.717, 1.165) is 74.0 Å². The number of nitrogens with zero attached hydrogens (tertiary/aromatic N) is 2. The average Bonchev–Trinajstić information content (AvgIpc) is 3.13. The van der Waals surface area contributed by atoms with Crippen LogP contribution in [0.1, 0.15) is 53.9 Å². The standard InChI is InChI=1S/C39H45N3O4/c1-45-37-20-11-15-34(29-37)33-21-25-41(26-22-33)24-12-23-39(35-16-7-3-8-17-35,36-18-9-4-10-19-36)31-40-42(27-28-43)38(44)46-30-32-13-5-2-6-14-32/h2-11,13-20,28-29,33,40H,12,21-27,30-31H2,1H3. The van der Waals surface area contributed by atoms with Gasteiger partial charge < -0.3 is 19.2 Å². The topological polar surface area (TPSA) is 71.1 Å². The first-order valence-electron chi connectivity index (χ1n) is 16.2. The summed E-state index contributed by atoms with van der Waals surface area (Å²) in [5, 5.41) is 1.29. The first kappa shape index (κ1) is 32.9. The van der Waals surface area contributed by atoms with Gasteiger partial charge in [-0.1, -0.05) is 103 Å². The van der Waals surface area contributed by atoms with Crippen LogP contribution in [0.2, 0.25) is 0 Å². The highest BCUT2D eigenvalue weighted by molar-refractivity contribution is 5.70. The van der Waals surface area contributed by atoms with E-state index < -0.39 is 11.5 Å². The molecule has 1 saturated heterocycles. The highest BCUT2D eigenvalue weighted by Gasteiger charge is 2.35. The van der Waals surface area contributed by atoms with Crippen LogP contribution in [0.25, 0.3) is 0 Å². The monoisotopic (exact) mass is 619 g/mol. The number of hydrogen-bond acceptors (Lipinski definition) is 6. The van der Waals surface area contributed by atoms with Gasteiger partial charge in [-0.25, -0.2) is 15.2 Å². The molecule has 0 spiro atoms. The van der Waals surface area contributed by atoms with Gasteiger partial charge >= 0.3 is 6.09 Å². The zero-order chi connectivity index (χ0) is 32.0. The van der Waals surface area contributed by atoms with Crippen molar-refractivity contribution in [3.63, 3.8) is 0 Å². The van der Waals surface area contributed by atoms with Crippen LogP contribution in [0, 0.1) is 0 Å². The number of amides is 1. The van der Waals surface area contributed by atoms with Crippen molar-refractivity contribution in [2.24, 2.45) is 0 Å². The molecule has 5 rings (SSSR count). The van der Waals surface area contributed by atoms with Crippen LogP contribution in [-0.2, 0) is 21.6 Å². The molecule has 1 heterocycles. The summed E-state index contributed by atoms with van der Waals surface area (Å²) in [6.07, 6.45) is 4.23. The molecule has 0 unspecified atom stereocenters. The minimum atomic E-state index is -0.579. The Bertz CT molecular complexity index is 1450. The maximum atomic E-state index is 13.2. The molecule has 240 valence electrons. The molecule has 0 aromatic heterocycles. The predicted molar refractivity (Wildman–Crippen MR) is 182 cm³/mol. The van der Waals surface area contributed by atoms with Crippen LogP contribution in [0.5, 0.6) is 5.75 Å². The van der Waals surface area contributed by atoms with Crippen molar-refractivity contribution >= 4 is 12.4 Å². The Balaban J connectivity index is 1.29. The number of rotatable bonds is 15. The lowest BCUT2D eigenvalue weighted by molar-refractivity contribution is -0.109. The van der Waals surface area contributed by atoms with Crippen molar-refractivity contribution in [1.82, 2.24) is 15.3 Å². The van der Waals surface area contributed by atoms with E-state index in [1.165, 1.54) is 10.6 Å². The molecule has 1 aliphatic heterocycles. The summed E-state index contributed by atoms with van der Waals surface area (Å²) in [5.41, 5.74) is 7.45. The van der Waals surface area contributed by atoms with Gasteiger partial charge in [0.25, 0.3) is 0 Å². The number of aldehydes is 1. The second-order valence-electron chi connectivity index (χ2n) is 12.0. The number of hydrazine groups is 1. The highest BCUT2D eigenvalue weighted by atomic mass is 16.6. The Morgan fingerprint density at radius 2 is 1.52 bits per heavy atom. The van der Waals surface area contributed by atoms with Gasteiger partial charge in [-0.15, -0.1) is 0 Å². The van der Waals surface area contributed by atoms with Crippen LogP contribution >= 0.6 is 0 Å². The molecule has 0 bridgehead atoms. The summed E-state index contributed by atoms with van der Waals surface area (Å²) < 4.78 is 11.0. The fourth-order valence-electron chi connectivity index (χ4n) is 6.56. The van der Waals surface area contributed by atoms with E-state index in [9.17, 15) is 9.59 Å². The van der Waals surface area contributed by atoms with Gasteiger partial charge in [0.2, 0.25) is 0 Å². The number of carbonyl (C=O) groups excluding carboxylic acids is 2. The number of carbonyl (C=O) groups is 2. The molecule has 0 atom stereocenters. The van der Waals surface area contributed by atoms with Crippen LogP contribution in [0.4, 0.5) is 4.79 Å². The second kappa shape index (κ2) is 16.7. The van der Waals surface area contributed by atoms with Crippen molar-refractivity contribution in [2.45, 2.75) is 43.6 Å². The van der Waals surface area contributed by atoms with Crippen LogP contribution in [0.15, 0.2) is 115 Å². The fourth-order valence-corrected chi connectivity index (χ4v) is 6.56. The van der Waals surface area contributed by atoms with Gasteiger partial charge in [0.15, 0.2) is 0 Å². The Hall–Kier alpha value is -4.46. The van der Waals surface area contributed by atoms with Gasteiger partial charge in [0, 0.05) is 12.0 Å². The van der Waals surface area contributed by atoms with E-state index in [1.807, 2.05) is 48.5 Å². The quantitative estimate of drug-likeness (QED) is 0.114. The lowest BCUT2D eigenvalue weighted by Crippen LogP contribution is -2.51. The van der Waals surface area contributed by atoms with Gasteiger partial charge in [0.1, 0.15) is 18.6 Å². The van der Waals surface area contributed by atoms with Crippen molar-refractivity contribution in [2.75, 3.05) is 39.8 Å². The molecule has 7 heteroatoms. The number of methoxy groups -OCH3 is 1. The molecule has 4 aromatic carbocycles. The van der Waals surface area contributed by atoms with Gasteiger partial charge in [0.05, 0.1) is 13.7 Å². The molecule has 46 heavy (non-hydrogen) atoms. The summed E-state index contributed by atoms with van der Waals surface area (Å²) >= 11 is 0. The summed E-state index contributed by atoms with van der Waals surface area (Å²) in [5.74, 6) is 1.47. The average molecular weight is 620 g/mol. The number of hydrogen-bond donors (Lipinski definition) is 1. The lowest BCUT2D eigenvalue weighted by atomic mass is 9.71. The number of ether oxygens (including phenoxy) is 2. The molecule has 1 N–H and O–H groups in total. The maximum absolute atomic E-state index is 13.2. The molecular weight excluding hydrogens is 574 g/mol. The normalized spacial score (nSPS) is 14.0. The molecule has 0 aliphatic carbocycles. The molecule has 4 aromatic rings. The Morgan fingerprint density at radius 3 is 2.13 bits per heavy atom. The zero-order valence-electron chi connectivity index (χ0n) is 26.7. The minimum Gasteiger partial charge on any atom is -0.497 e. The number of piperidine rings is 1. The van der Waals surface area contributed by atoms with Crippen LogP contribution < -0.4 is 10.2 Å². The molecule has 1 fully saturated rings. The third kappa shape index (κ3) is 8.62. The van der Waals surface area contributed by atoms with Crippen LogP contribution in [-0.4, -0.2) is 62.1 Å². The molecule has 1 aliphatic rings. The predicted octanol–water partition coefficient (Wildman–Crippen LogP) is 6.98. The smallest absolute Gasteiger partial charge is 0.424 e. The van der Waals surface area contributed by atoms with Crippen molar-refractivity contribution < 1.29 is 19.1 Å². The van der Waals surface area contributed by atoms with Crippen LogP contribution in [0.3, 0.4) is 0 Å². The number of benzene rings is 4. The van der Waals surface area contributed by atoms with E-state index in [2.05, 4.69) is 77.1 Å². The highest BCUT2D eigenvalue weighted by Crippen LogP contribution is 2.37. The largest absolute Gasteiger partial charge is 0.497 e. The molecule has 1 amide bonds. The summed E-state index contributed by atoms with van der Waals surface area (Å²) in [6.45, 7) is 3.55. The lowest BCUT2D eigenvalue weighted by Gasteiger charge is -2.38. The summed E-state index contributed by atoms with van der Waals surface area (Å²) in [6, 6.07) is 39.0. The maximum Gasteiger partial charge on any atom is 0.424 e. The molecular formula is C39H45N3O4. The summed E-state index contributed by atoms with van der Waals surface area (Å²) in [7, 11) is 1.72. The van der Waals surface area contributed by atoms with Crippen molar-refractivity contribution in [1.29, 1.82) is 0 Å². The Kier molecular flexibility index (Phi) is 12.0. The molecule has 7 nitrogen and oxygen atoms in total. The Morgan fingerprint density at radius 1 is 0.891 bits per heavy atom. The van der Waals surface area contributed by atoms with Gasteiger partial charge in [-0.05, 0) is 85.6 Å². The van der Waals surface area contributed by atoms with Gasteiger partial charge in [-0.2, -0.15) is 0 Å². The number of nitrogens with one attached hydrogen (secondary N) is 1. The molecule has 0 radical (unpaired) electrons. The first-order valence-corrected chi connectivity index (χ1v) is 16.2. The first-order chi connectivity index (χ1) is 22.6. The van der Waals surface area contributed by atoms with E-state index in [4.69, 9.17) is 9.47 Å².